The fourth-order valence-electron chi connectivity index (χ4n) is 2.03. The van der Waals surface area contributed by atoms with Crippen LogP contribution < -0.4 is 4.74 Å². The standard InChI is InChI=1S/C15H16N2O/c1-6-10-9-16-11-7-8-12(18-5)17-14(11)13(10)15(2,3)4/h1,7-9H,2-5H3. The van der Waals surface area contributed by atoms with Gasteiger partial charge >= 0.3 is 0 Å². The van der Waals surface area contributed by atoms with Gasteiger partial charge in [-0.3, -0.25) is 4.98 Å². The van der Waals surface area contributed by atoms with E-state index >= 15 is 0 Å². The highest BCUT2D eigenvalue weighted by molar-refractivity contribution is 5.81. The molecule has 0 aliphatic heterocycles. The summed E-state index contributed by atoms with van der Waals surface area (Å²) in [6, 6.07) is 3.70. The van der Waals surface area contributed by atoms with E-state index in [1.165, 1.54) is 0 Å². The van der Waals surface area contributed by atoms with E-state index in [0.29, 0.717) is 5.88 Å². The Balaban J connectivity index is 2.88. The number of aromatic nitrogens is 2. The number of terminal acetylenes is 1. The third-order valence-corrected chi connectivity index (χ3v) is 2.80. The van der Waals surface area contributed by atoms with Gasteiger partial charge in [0.25, 0.3) is 0 Å². The molecule has 0 N–H and O–H groups in total. The van der Waals surface area contributed by atoms with Crippen LogP contribution in [-0.4, -0.2) is 17.1 Å². The highest BCUT2D eigenvalue weighted by Gasteiger charge is 2.22. The van der Waals surface area contributed by atoms with Crippen molar-refractivity contribution in [3.63, 3.8) is 0 Å². The van der Waals surface area contributed by atoms with Gasteiger partial charge in [-0.25, -0.2) is 4.98 Å². The number of fused-ring (bicyclic) bond motifs is 1. The Kier molecular flexibility index (Phi) is 2.96. The van der Waals surface area contributed by atoms with Gasteiger partial charge in [-0.15, -0.1) is 6.42 Å². The van der Waals surface area contributed by atoms with Crippen molar-refractivity contribution in [3.05, 3.63) is 29.5 Å². The van der Waals surface area contributed by atoms with E-state index in [0.717, 1.165) is 22.2 Å². The molecule has 0 radical (unpaired) electrons. The van der Waals surface area contributed by atoms with Gasteiger partial charge in [-0.1, -0.05) is 26.7 Å². The summed E-state index contributed by atoms with van der Waals surface area (Å²) in [5, 5.41) is 0. The van der Waals surface area contributed by atoms with Crippen LogP contribution in [0, 0.1) is 12.3 Å². The van der Waals surface area contributed by atoms with Crippen LogP contribution in [-0.2, 0) is 5.41 Å². The minimum absolute atomic E-state index is 0.0950. The summed E-state index contributed by atoms with van der Waals surface area (Å²) in [5.74, 6) is 3.26. The lowest BCUT2D eigenvalue weighted by Gasteiger charge is -2.22. The average Bonchev–Trinajstić information content (AvgIpc) is 2.35. The molecule has 92 valence electrons. The van der Waals surface area contributed by atoms with Gasteiger partial charge in [-0.05, 0) is 11.5 Å². The van der Waals surface area contributed by atoms with E-state index in [4.69, 9.17) is 11.2 Å². The lowest BCUT2D eigenvalue weighted by atomic mass is 9.83. The van der Waals surface area contributed by atoms with Gasteiger partial charge in [0, 0.05) is 23.4 Å². The molecule has 18 heavy (non-hydrogen) atoms. The van der Waals surface area contributed by atoms with E-state index in [-0.39, 0.29) is 5.41 Å². The smallest absolute Gasteiger partial charge is 0.213 e. The Labute approximate surface area is 107 Å². The first-order valence-corrected chi connectivity index (χ1v) is 5.78. The van der Waals surface area contributed by atoms with Crippen LogP contribution in [0.3, 0.4) is 0 Å². The van der Waals surface area contributed by atoms with E-state index in [1.807, 2.05) is 6.07 Å². The van der Waals surface area contributed by atoms with Gasteiger partial charge in [0.05, 0.1) is 18.1 Å². The molecule has 2 aromatic rings. The number of pyridine rings is 2. The molecule has 2 rings (SSSR count). The van der Waals surface area contributed by atoms with E-state index in [2.05, 4.69) is 36.7 Å². The fraction of sp³-hybridized carbons (Fsp3) is 0.333. The van der Waals surface area contributed by atoms with Crippen molar-refractivity contribution in [2.45, 2.75) is 26.2 Å². The van der Waals surface area contributed by atoms with E-state index in [9.17, 15) is 0 Å². The minimum atomic E-state index is -0.0950. The molecule has 0 bridgehead atoms. The van der Waals surface area contributed by atoms with Crippen LogP contribution in [0.5, 0.6) is 5.88 Å². The van der Waals surface area contributed by atoms with Crippen molar-refractivity contribution in [2.75, 3.05) is 7.11 Å². The average molecular weight is 240 g/mol. The molecular formula is C15H16N2O. The number of hydrogen-bond acceptors (Lipinski definition) is 3. The van der Waals surface area contributed by atoms with Gasteiger partial charge in [-0.2, -0.15) is 0 Å². The van der Waals surface area contributed by atoms with E-state index < -0.39 is 0 Å². The summed E-state index contributed by atoms with van der Waals surface area (Å²) in [6.07, 6.45) is 7.29. The molecule has 3 nitrogen and oxygen atoms in total. The Morgan fingerprint density at radius 1 is 1.28 bits per heavy atom. The third-order valence-electron chi connectivity index (χ3n) is 2.80. The van der Waals surface area contributed by atoms with Gasteiger partial charge in [0.1, 0.15) is 0 Å². The summed E-state index contributed by atoms with van der Waals surface area (Å²) in [4.78, 5) is 8.83. The Morgan fingerprint density at radius 3 is 2.56 bits per heavy atom. The largest absolute Gasteiger partial charge is 0.481 e. The lowest BCUT2D eigenvalue weighted by molar-refractivity contribution is 0.399. The van der Waals surface area contributed by atoms with Crippen LogP contribution in [0.2, 0.25) is 0 Å². The van der Waals surface area contributed by atoms with Crippen LogP contribution in [0.4, 0.5) is 0 Å². The second-order valence-corrected chi connectivity index (χ2v) is 5.16. The van der Waals surface area contributed by atoms with E-state index in [1.54, 1.807) is 19.4 Å². The predicted octanol–water partition coefficient (Wildman–Crippen LogP) is 2.92. The molecule has 0 atom stereocenters. The Morgan fingerprint density at radius 2 is 2.00 bits per heavy atom. The molecular weight excluding hydrogens is 224 g/mol. The van der Waals surface area contributed by atoms with Crippen LogP contribution in [0.25, 0.3) is 11.0 Å². The van der Waals surface area contributed by atoms with Gasteiger partial charge < -0.3 is 4.74 Å². The van der Waals surface area contributed by atoms with Crippen LogP contribution in [0.15, 0.2) is 18.3 Å². The maximum atomic E-state index is 5.56. The predicted molar refractivity (Wildman–Crippen MR) is 72.7 cm³/mol. The number of nitrogens with zero attached hydrogens (tertiary/aromatic N) is 2. The summed E-state index contributed by atoms with van der Waals surface area (Å²) in [5.41, 5.74) is 3.38. The topological polar surface area (TPSA) is 35.0 Å². The number of rotatable bonds is 1. The molecule has 0 aliphatic rings. The number of ether oxygens (including phenoxy) is 1. The molecule has 3 heteroatoms. The lowest BCUT2D eigenvalue weighted by Crippen LogP contribution is -2.15. The summed E-state index contributed by atoms with van der Waals surface area (Å²) in [6.45, 7) is 6.34. The zero-order valence-electron chi connectivity index (χ0n) is 11.1. The molecule has 0 spiro atoms. The molecule has 2 aromatic heterocycles. The zero-order chi connectivity index (χ0) is 13.3. The van der Waals surface area contributed by atoms with Gasteiger partial charge in [0.2, 0.25) is 5.88 Å². The summed E-state index contributed by atoms with van der Waals surface area (Å²) in [7, 11) is 1.60. The first-order chi connectivity index (χ1) is 8.47. The second-order valence-electron chi connectivity index (χ2n) is 5.16. The SMILES string of the molecule is C#Cc1cnc2ccc(OC)nc2c1C(C)(C)C. The molecule has 0 fully saturated rings. The number of methoxy groups -OCH3 is 1. The zero-order valence-corrected chi connectivity index (χ0v) is 11.1. The molecule has 2 heterocycles. The Hall–Kier alpha value is -2.08. The molecule has 0 unspecified atom stereocenters. The quantitative estimate of drug-likeness (QED) is 0.719. The van der Waals surface area contributed by atoms with Crippen molar-refractivity contribution in [3.8, 4) is 18.2 Å². The maximum Gasteiger partial charge on any atom is 0.213 e. The first kappa shape index (κ1) is 12.4. The fourth-order valence-corrected chi connectivity index (χ4v) is 2.03. The monoisotopic (exact) mass is 240 g/mol. The second kappa shape index (κ2) is 4.30. The first-order valence-electron chi connectivity index (χ1n) is 5.78. The van der Waals surface area contributed by atoms with Crippen molar-refractivity contribution < 1.29 is 4.74 Å². The maximum absolute atomic E-state index is 5.56. The van der Waals surface area contributed by atoms with Crippen molar-refractivity contribution in [1.82, 2.24) is 9.97 Å². The number of hydrogen-bond donors (Lipinski definition) is 0. The normalized spacial score (nSPS) is 11.3. The molecule has 0 aliphatic carbocycles. The third kappa shape index (κ3) is 2.02. The molecule has 0 aromatic carbocycles. The molecule has 0 amide bonds. The van der Waals surface area contributed by atoms with Crippen molar-refractivity contribution >= 4 is 11.0 Å². The summed E-state index contributed by atoms with van der Waals surface area (Å²) < 4.78 is 5.17. The Bertz CT molecular complexity index is 633. The van der Waals surface area contributed by atoms with Crippen molar-refractivity contribution in [1.29, 1.82) is 0 Å². The highest BCUT2D eigenvalue weighted by Crippen LogP contribution is 2.31. The molecule has 0 saturated carbocycles. The highest BCUT2D eigenvalue weighted by atomic mass is 16.5. The summed E-state index contributed by atoms with van der Waals surface area (Å²) >= 11 is 0. The van der Waals surface area contributed by atoms with Crippen LogP contribution >= 0.6 is 0 Å². The molecule has 0 saturated heterocycles. The van der Waals surface area contributed by atoms with Gasteiger partial charge in [0.15, 0.2) is 0 Å². The van der Waals surface area contributed by atoms with Crippen molar-refractivity contribution in [2.24, 2.45) is 0 Å². The van der Waals surface area contributed by atoms with Crippen LogP contribution in [0.1, 0.15) is 31.9 Å². The minimum Gasteiger partial charge on any atom is -0.481 e.